The van der Waals surface area contributed by atoms with Gasteiger partial charge in [-0.1, -0.05) is 11.6 Å². The van der Waals surface area contributed by atoms with Crippen LogP contribution in [0.5, 0.6) is 11.5 Å². The van der Waals surface area contributed by atoms with Crippen LogP contribution in [0.4, 0.5) is 11.5 Å². The average molecular weight is 558 g/mol. The number of hydrogen-bond donors (Lipinski definition) is 3. The third-order valence-corrected chi connectivity index (χ3v) is 6.77. The van der Waals surface area contributed by atoms with E-state index in [0.717, 1.165) is 27.2 Å². The number of rotatable bonds is 8. The number of carbonyl (C=O) groups excluding carboxylic acids is 1. The first-order valence-corrected chi connectivity index (χ1v) is 12.6. The molecule has 192 valence electrons. The molecule has 8 nitrogen and oxygen atoms in total. The molecule has 0 aliphatic rings. The van der Waals surface area contributed by atoms with Gasteiger partial charge in [0.15, 0.2) is 5.82 Å². The van der Waals surface area contributed by atoms with Crippen molar-refractivity contribution >= 4 is 73.9 Å². The zero-order chi connectivity index (χ0) is 25.3. The second-order valence-electron chi connectivity index (χ2n) is 8.77. The van der Waals surface area contributed by atoms with Crippen LogP contribution >= 0.6 is 35.3 Å². The third-order valence-electron chi connectivity index (χ3n) is 5.59. The fourth-order valence-corrected chi connectivity index (χ4v) is 4.78. The Hall–Kier alpha value is -3.37. The Kier molecular flexibility index (Phi) is 7.89. The van der Waals surface area contributed by atoms with Crippen molar-refractivity contribution in [3.05, 3.63) is 71.5 Å². The van der Waals surface area contributed by atoms with Crippen molar-refractivity contribution in [1.82, 2.24) is 19.9 Å². The van der Waals surface area contributed by atoms with Gasteiger partial charge in [0.25, 0.3) is 5.91 Å². The molecule has 0 atom stereocenters. The van der Waals surface area contributed by atoms with Gasteiger partial charge in [-0.2, -0.15) is 0 Å². The minimum atomic E-state index is -1.43. The fraction of sp³-hybridized carbons (Fsp3) is 0.192. The summed E-state index contributed by atoms with van der Waals surface area (Å²) >= 11 is 8.21. The summed E-state index contributed by atoms with van der Waals surface area (Å²) in [5.74, 6) is 1.45. The summed E-state index contributed by atoms with van der Waals surface area (Å²) in [6, 6.07) is 15.4. The number of nitrogens with one attached hydrogen (secondary N) is 2. The SMILES string of the molecule is CC(C)(O)C(=O)NCCn1ccc2ncnc(Nc3ccc(Oc4ccc5ccsc5c4)c(Cl)c3)c21.Cl. The summed E-state index contributed by atoms with van der Waals surface area (Å²) in [5.41, 5.74) is 0.858. The second kappa shape index (κ2) is 10.9. The molecule has 0 radical (unpaired) electrons. The summed E-state index contributed by atoms with van der Waals surface area (Å²) in [5, 5.41) is 19.5. The summed E-state index contributed by atoms with van der Waals surface area (Å²) in [4.78, 5) is 20.7. The number of amides is 1. The highest BCUT2D eigenvalue weighted by atomic mass is 35.5. The highest BCUT2D eigenvalue weighted by molar-refractivity contribution is 7.17. The zero-order valence-corrected chi connectivity index (χ0v) is 22.5. The molecule has 5 rings (SSSR count). The first-order chi connectivity index (χ1) is 17.3. The van der Waals surface area contributed by atoms with E-state index >= 15 is 0 Å². The van der Waals surface area contributed by atoms with Crippen LogP contribution in [0.2, 0.25) is 5.02 Å². The van der Waals surface area contributed by atoms with Crippen LogP contribution in [0.15, 0.2) is 66.4 Å². The smallest absolute Gasteiger partial charge is 0.251 e. The van der Waals surface area contributed by atoms with E-state index in [1.807, 2.05) is 52.5 Å². The van der Waals surface area contributed by atoms with Crippen molar-refractivity contribution in [3.63, 3.8) is 0 Å². The molecular formula is C26H25Cl2N5O3S. The molecule has 3 heterocycles. The number of aliphatic hydroxyl groups is 1. The summed E-state index contributed by atoms with van der Waals surface area (Å²) < 4.78 is 9.12. The van der Waals surface area contributed by atoms with Crippen LogP contribution in [0.25, 0.3) is 21.1 Å². The van der Waals surface area contributed by atoms with Gasteiger partial charge in [0, 0.05) is 29.7 Å². The molecule has 0 fully saturated rings. The van der Waals surface area contributed by atoms with Crippen molar-refractivity contribution in [1.29, 1.82) is 0 Å². The molecule has 3 N–H and O–H groups in total. The Morgan fingerprint density at radius 2 is 2.00 bits per heavy atom. The van der Waals surface area contributed by atoms with Crippen LogP contribution in [0.3, 0.4) is 0 Å². The van der Waals surface area contributed by atoms with E-state index < -0.39 is 11.5 Å². The van der Waals surface area contributed by atoms with Crippen LogP contribution in [0, 0.1) is 0 Å². The average Bonchev–Trinajstić information content (AvgIpc) is 3.47. The molecule has 37 heavy (non-hydrogen) atoms. The van der Waals surface area contributed by atoms with Gasteiger partial charge < -0.3 is 25.0 Å². The lowest BCUT2D eigenvalue weighted by atomic mass is 10.1. The lowest BCUT2D eigenvalue weighted by molar-refractivity contribution is -0.136. The van der Waals surface area contributed by atoms with Crippen LogP contribution in [-0.2, 0) is 11.3 Å². The Balaban J connectivity index is 0.00000320. The van der Waals surface area contributed by atoms with Crippen molar-refractivity contribution in [2.24, 2.45) is 0 Å². The number of nitrogens with zero attached hydrogens (tertiary/aromatic N) is 3. The number of anilines is 2. The van der Waals surface area contributed by atoms with Crippen LogP contribution in [0.1, 0.15) is 13.8 Å². The summed E-state index contributed by atoms with van der Waals surface area (Å²) in [6.07, 6.45) is 3.37. The Morgan fingerprint density at radius 3 is 2.78 bits per heavy atom. The largest absolute Gasteiger partial charge is 0.456 e. The van der Waals surface area contributed by atoms with E-state index in [-0.39, 0.29) is 12.4 Å². The predicted octanol–water partition coefficient (Wildman–Crippen LogP) is 6.14. The van der Waals surface area contributed by atoms with E-state index in [1.165, 1.54) is 25.6 Å². The molecule has 1 amide bonds. The predicted molar refractivity (Wildman–Crippen MR) is 151 cm³/mol. The van der Waals surface area contributed by atoms with Crippen molar-refractivity contribution < 1.29 is 14.6 Å². The number of thiophene rings is 1. The van der Waals surface area contributed by atoms with Gasteiger partial charge in [-0.05, 0) is 73.1 Å². The monoisotopic (exact) mass is 557 g/mol. The molecule has 11 heteroatoms. The maximum absolute atomic E-state index is 12.0. The molecular weight excluding hydrogens is 533 g/mol. The van der Waals surface area contributed by atoms with Gasteiger partial charge in [-0.25, -0.2) is 9.97 Å². The normalized spacial score (nSPS) is 11.4. The number of fused-ring (bicyclic) bond motifs is 2. The molecule has 2 aromatic carbocycles. The molecule has 5 aromatic rings. The fourth-order valence-electron chi connectivity index (χ4n) is 3.74. The van der Waals surface area contributed by atoms with Crippen molar-refractivity contribution in [3.8, 4) is 11.5 Å². The van der Waals surface area contributed by atoms with Gasteiger partial charge in [-0.3, -0.25) is 4.79 Å². The number of halogens is 2. The molecule has 0 unspecified atom stereocenters. The topological polar surface area (TPSA) is 101 Å². The zero-order valence-electron chi connectivity index (χ0n) is 20.1. The van der Waals surface area contributed by atoms with Crippen LogP contribution < -0.4 is 15.4 Å². The van der Waals surface area contributed by atoms with Crippen molar-refractivity contribution in [2.75, 3.05) is 11.9 Å². The number of hydrogen-bond acceptors (Lipinski definition) is 7. The van der Waals surface area contributed by atoms with Gasteiger partial charge in [0.1, 0.15) is 28.9 Å². The van der Waals surface area contributed by atoms with E-state index in [1.54, 1.807) is 17.4 Å². The molecule has 0 spiro atoms. The Labute approximate surface area is 228 Å². The highest BCUT2D eigenvalue weighted by Crippen LogP contribution is 2.35. The van der Waals surface area contributed by atoms with E-state index in [0.29, 0.717) is 29.7 Å². The van der Waals surface area contributed by atoms with E-state index in [9.17, 15) is 9.90 Å². The number of aromatic nitrogens is 3. The molecule has 0 bridgehead atoms. The first kappa shape index (κ1) is 26.7. The standard InChI is InChI=1S/C26H24ClN5O3S.ClH/c1-26(2,34)25(33)28-9-11-32-10-7-20-23(32)24(30-15-29-20)31-17-4-6-21(19(27)13-17)35-18-5-3-16-8-12-36-22(16)14-18;/h3-8,10,12-15,34H,9,11H2,1-2H3,(H,28,33)(H,29,30,31);1H. The van der Waals surface area contributed by atoms with E-state index in [4.69, 9.17) is 16.3 Å². The van der Waals surface area contributed by atoms with E-state index in [2.05, 4.69) is 26.7 Å². The molecule has 3 aromatic heterocycles. The van der Waals surface area contributed by atoms with Gasteiger partial charge in [-0.15, -0.1) is 23.7 Å². The summed E-state index contributed by atoms with van der Waals surface area (Å²) in [6.45, 7) is 3.73. The lowest BCUT2D eigenvalue weighted by Crippen LogP contribution is -2.43. The minimum absolute atomic E-state index is 0. The van der Waals surface area contributed by atoms with Gasteiger partial charge in [0.2, 0.25) is 0 Å². The van der Waals surface area contributed by atoms with Crippen molar-refractivity contribution in [2.45, 2.75) is 26.0 Å². The number of benzene rings is 2. The number of carbonyl (C=O) groups is 1. The minimum Gasteiger partial charge on any atom is -0.456 e. The molecule has 0 aliphatic carbocycles. The Morgan fingerprint density at radius 1 is 1.16 bits per heavy atom. The summed E-state index contributed by atoms with van der Waals surface area (Å²) in [7, 11) is 0. The number of ether oxygens (including phenoxy) is 1. The first-order valence-electron chi connectivity index (χ1n) is 11.3. The maximum Gasteiger partial charge on any atom is 0.251 e. The van der Waals surface area contributed by atoms with Gasteiger partial charge >= 0.3 is 0 Å². The molecule has 0 aliphatic heterocycles. The van der Waals surface area contributed by atoms with Gasteiger partial charge in [0.05, 0.1) is 10.5 Å². The maximum atomic E-state index is 12.0. The quantitative estimate of drug-likeness (QED) is 0.211. The highest BCUT2D eigenvalue weighted by Gasteiger charge is 2.23. The molecule has 0 saturated heterocycles. The van der Waals surface area contributed by atoms with Crippen LogP contribution in [-0.4, -0.2) is 37.7 Å². The second-order valence-corrected chi connectivity index (χ2v) is 10.1. The molecule has 0 saturated carbocycles. The Bertz CT molecular complexity index is 1560. The lowest BCUT2D eigenvalue weighted by Gasteiger charge is -2.17. The third kappa shape index (κ3) is 5.97.